The van der Waals surface area contributed by atoms with Crippen LogP contribution in [-0.4, -0.2) is 20.8 Å². The van der Waals surface area contributed by atoms with E-state index in [1.54, 1.807) is 6.92 Å². The molecule has 0 bridgehead atoms. The predicted octanol–water partition coefficient (Wildman–Crippen LogP) is 2.61. The number of aryl methyl sites for hydroxylation is 2. The molecule has 0 fully saturated rings. The number of nitrogens with zero attached hydrogens (tertiary/aromatic N) is 3. The fourth-order valence-corrected chi connectivity index (χ4v) is 2.52. The minimum absolute atomic E-state index is 0.103. The Hall–Kier alpha value is -2.96. The zero-order valence-corrected chi connectivity index (χ0v) is 14.0. The first-order valence-corrected chi connectivity index (χ1v) is 7.63. The van der Waals surface area contributed by atoms with Gasteiger partial charge in [0.2, 0.25) is 0 Å². The molecule has 7 heteroatoms. The van der Waals surface area contributed by atoms with E-state index < -0.39 is 11.5 Å². The van der Waals surface area contributed by atoms with Gasteiger partial charge in [0.05, 0.1) is 5.39 Å². The van der Waals surface area contributed by atoms with Crippen molar-refractivity contribution in [2.45, 2.75) is 26.7 Å². The van der Waals surface area contributed by atoms with Crippen molar-refractivity contribution >= 4 is 22.5 Å². The van der Waals surface area contributed by atoms with Crippen molar-refractivity contribution in [2.75, 3.05) is 5.32 Å². The highest BCUT2D eigenvalue weighted by Crippen LogP contribution is 2.21. The van der Waals surface area contributed by atoms with E-state index >= 15 is 0 Å². The van der Waals surface area contributed by atoms with Crippen LogP contribution in [0, 0.1) is 6.92 Å². The Labute approximate surface area is 138 Å². The van der Waals surface area contributed by atoms with Crippen molar-refractivity contribution < 1.29 is 9.32 Å². The lowest BCUT2D eigenvalue weighted by Gasteiger charge is -2.10. The van der Waals surface area contributed by atoms with Gasteiger partial charge in [-0.2, -0.15) is 5.10 Å². The highest BCUT2D eigenvalue weighted by Gasteiger charge is 2.21. The van der Waals surface area contributed by atoms with Crippen LogP contribution in [0.4, 0.5) is 5.69 Å². The molecule has 0 aliphatic carbocycles. The van der Waals surface area contributed by atoms with Crippen LogP contribution >= 0.6 is 0 Å². The van der Waals surface area contributed by atoms with Gasteiger partial charge < -0.3 is 9.84 Å². The first kappa shape index (κ1) is 15.9. The molecule has 0 radical (unpaired) electrons. The van der Waals surface area contributed by atoms with Gasteiger partial charge in [-0.3, -0.25) is 9.59 Å². The molecule has 0 spiro atoms. The molecule has 0 unspecified atom stereocenters. The van der Waals surface area contributed by atoms with E-state index in [1.807, 2.05) is 24.3 Å². The second-order valence-corrected chi connectivity index (χ2v) is 5.97. The van der Waals surface area contributed by atoms with Crippen LogP contribution in [0.1, 0.15) is 41.6 Å². The first-order valence-electron chi connectivity index (χ1n) is 7.63. The third-order valence-electron chi connectivity index (χ3n) is 3.87. The Bertz CT molecular complexity index is 985. The minimum atomic E-state index is -0.414. The van der Waals surface area contributed by atoms with Crippen molar-refractivity contribution in [3.63, 3.8) is 0 Å². The van der Waals surface area contributed by atoms with Gasteiger partial charge in [-0.1, -0.05) is 31.1 Å². The topological polar surface area (TPSA) is 90.0 Å². The van der Waals surface area contributed by atoms with Crippen LogP contribution in [0.5, 0.6) is 0 Å². The van der Waals surface area contributed by atoms with Crippen molar-refractivity contribution in [3.05, 3.63) is 51.6 Å². The monoisotopic (exact) mass is 326 g/mol. The Kier molecular flexibility index (Phi) is 3.92. The lowest BCUT2D eigenvalue weighted by atomic mass is 10.0. The average Bonchev–Trinajstić information content (AvgIpc) is 2.93. The minimum Gasteiger partial charge on any atom is -0.360 e. The van der Waals surface area contributed by atoms with E-state index in [0.717, 1.165) is 10.2 Å². The zero-order valence-electron chi connectivity index (χ0n) is 14.0. The fraction of sp³-hybridized carbons (Fsp3) is 0.294. The van der Waals surface area contributed by atoms with Gasteiger partial charge >= 0.3 is 0 Å². The number of benzene rings is 1. The Morgan fingerprint density at radius 2 is 2.08 bits per heavy atom. The lowest BCUT2D eigenvalue weighted by Crippen LogP contribution is -2.25. The molecule has 0 aliphatic heterocycles. The van der Waals surface area contributed by atoms with E-state index in [2.05, 4.69) is 29.4 Å². The molecule has 124 valence electrons. The first-order chi connectivity index (χ1) is 11.4. The SMILES string of the molecule is Cc1onc2c(=O)n(C)nc(C(=O)Nc3cccc(C(C)C)c3)c12. The number of nitrogens with one attached hydrogen (secondary N) is 1. The lowest BCUT2D eigenvalue weighted by molar-refractivity contribution is 0.102. The van der Waals surface area contributed by atoms with Crippen molar-refractivity contribution in [1.29, 1.82) is 0 Å². The molecule has 1 aromatic carbocycles. The van der Waals surface area contributed by atoms with Crippen molar-refractivity contribution in [2.24, 2.45) is 7.05 Å². The van der Waals surface area contributed by atoms with Gasteiger partial charge in [-0.05, 0) is 30.5 Å². The predicted molar refractivity (Wildman–Crippen MR) is 90.3 cm³/mol. The number of carbonyl (C=O) groups is 1. The Morgan fingerprint density at radius 3 is 2.79 bits per heavy atom. The van der Waals surface area contributed by atoms with E-state index in [9.17, 15) is 9.59 Å². The molecule has 3 rings (SSSR count). The van der Waals surface area contributed by atoms with E-state index in [4.69, 9.17) is 4.52 Å². The number of rotatable bonds is 3. The smallest absolute Gasteiger partial charge is 0.296 e. The maximum Gasteiger partial charge on any atom is 0.296 e. The summed E-state index contributed by atoms with van der Waals surface area (Å²) in [7, 11) is 1.47. The van der Waals surface area contributed by atoms with Crippen LogP contribution in [0.25, 0.3) is 10.9 Å². The molecule has 3 aromatic rings. The molecule has 0 saturated carbocycles. The Morgan fingerprint density at radius 1 is 1.33 bits per heavy atom. The number of hydrogen-bond acceptors (Lipinski definition) is 5. The van der Waals surface area contributed by atoms with Gasteiger partial charge in [0.1, 0.15) is 5.76 Å². The summed E-state index contributed by atoms with van der Waals surface area (Å²) in [4.78, 5) is 24.7. The fourth-order valence-electron chi connectivity index (χ4n) is 2.52. The summed E-state index contributed by atoms with van der Waals surface area (Å²) >= 11 is 0. The normalized spacial score (nSPS) is 11.2. The molecule has 0 atom stereocenters. The maximum absolute atomic E-state index is 12.7. The van der Waals surface area contributed by atoms with Gasteiger partial charge in [0.25, 0.3) is 11.5 Å². The molecule has 2 heterocycles. The Balaban J connectivity index is 2.04. The zero-order chi connectivity index (χ0) is 17.4. The molecule has 0 aliphatic rings. The van der Waals surface area contributed by atoms with Crippen LogP contribution in [-0.2, 0) is 7.05 Å². The largest absolute Gasteiger partial charge is 0.360 e. The standard InChI is InChI=1S/C17H18N4O3/c1-9(2)11-6-5-7-12(8-11)18-16(22)14-13-10(3)24-20-15(13)17(23)21(4)19-14/h5-9H,1-4H3,(H,18,22). The summed E-state index contributed by atoms with van der Waals surface area (Å²) in [5.74, 6) is 0.323. The molecule has 24 heavy (non-hydrogen) atoms. The average molecular weight is 326 g/mol. The maximum atomic E-state index is 12.7. The third kappa shape index (κ3) is 2.68. The summed E-state index contributed by atoms with van der Waals surface area (Å²) < 4.78 is 6.15. The van der Waals surface area contributed by atoms with Crippen LogP contribution < -0.4 is 10.9 Å². The molecule has 2 aromatic heterocycles. The second kappa shape index (κ2) is 5.92. The molecule has 1 N–H and O–H groups in total. The van der Waals surface area contributed by atoms with Crippen molar-refractivity contribution in [3.8, 4) is 0 Å². The van der Waals surface area contributed by atoms with Gasteiger partial charge in [0, 0.05) is 12.7 Å². The van der Waals surface area contributed by atoms with E-state index in [1.165, 1.54) is 7.05 Å². The second-order valence-electron chi connectivity index (χ2n) is 5.97. The number of fused-ring (bicyclic) bond motifs is 1. The third-order valence-corrected chi connectivity index (χ3v) is 3.87. The number of anilines is 1. The van der Waals surface area contributed by atoms with Gasteiger partial charge in [0.15, 0.2) is 11.2 Å². The summed E-state index contributed by atoms with van der Waals surface area (Å²) in [6.07, 6.45) is 0. The number of aromatic nitrogens is 3. The molecule has 1 amide bonds. The molecular weight excluding hydrogens is 308 g/mol. The summed E-state index contributed by atoms with van der Waals surface area (Å²) in [6, 6.07) is 7.62. The number of carbonyl (C=O) groups excluding carboxylic acids is 1. The number of amides is 1. The van der Waals surface area contributed by atoms with E-state index in [-0.39, 0.29) is 11.2 Å². The summed E-state index contributed by atoms with van der Waals surface area (Å²) in [5, 5.41) is 11.0. The highest BCUT2D eigenvalue weighted by molar-refractivity contribution is 6.11. The molecule has 0 saturated heterocycles. The van der Waals surface area contributed by atoms with Crippen LogP contribution in [0.15, 0.2) is 33.6 Å². The summed E-state index contributed by atoms with van der Waals surface area (Å²) in [6.45, 7) is 5.81. The summed E-state index contributed by atoms with van der Waals surface area (Å²) in [5.41, 5.74) is 1.60. The van der Waals surface area contributed by atoms with Gasteiger partial charge in [-0.25, -0.2) is 4.68 Å². The van der Waals surface area contributed by atoms with Crippen LogP contribution in [0.3, 0.4) is 0 Å². The van der Waals surface area contributed by atoms with Gasteiger partial charge in [-0.15, -0.1) is 0 Å². The van der Waals surface area contributed by atoms with E-state index in [0.29, 0.717) is 22.8 Å². The molecule has 7 nitrogen and oxygen atoms in total. The number of hydrogen-bond donors (Lipinski definition) is 1. The van der Waals surface area contributed by atoms with Crippen molar-refractivity contribution in [1.82, 2.24) is 14.9 Å². The highest BCUT2D eigenvalue weighted by atomic mass is 16.5. The molecular formula is C17H18N4O3. The van der Waals surface area contributed by atoms with Crippen LogP contribution in [0.2, 0.25) is 0 Å². The quantitative estimate of drug-likeness (QED) is 0.799.